The van der Waals surface area contributed by atoms with Gasteiger partial charge in [-0.05, 0) is 0 Å². The van der Waals surface area contributed by atoms with Crippen molar-refractivity contribution in [2.45, 2.75) is 0 Å². The van der Waals surface area contributed by atoms with Crippen LogP contribution >= 0.6 is 0 Å². The predicted octanol–water partition coefficient (Wildman–Crippen LogP) is -5.28. The maximum absolute atomic E-state index is 8.44. The number of carbonyl (C=O) groups is 4. The Morgan fingerprint density at radius 1 is 0.556 bits per heavy atom. The van der Waals surface area contributed by atoms with Crippen molar-refractivity contribution in [2.75, 3.05) is 0 Å². The van der Waals surface area contributed by atoms with Crippen LogP contribution in [0.5, 0.6) is 0 Å². The molecule has 0 saturated heterocycles. The molecule has 104 valence electrons. The molecule has 0 aliphatic rings. The molecule has 14 heteroatoms. The molecule has 0 amide bonds. The number of hydrogen-bond donors (Lipinski definition) is 4. The molecule has 0 rings (SSSR count). The van der Waals surface area contributed by atoms with Crippen molar-refractivity contribution in [2.24, 2.45) is 0 Å². The van der Waals surface area contributed by atoms with Crippen LogP contribution in [0.1, 0.15) is 0 Å². The topological polar surface area (TPSA) is 273 Å². The van der Waals surface area contributed by atoms with Crippen LogP contribution in [0, 0.1) is 0 Å². The molecule has 0 aromatic heterocycles. The zero-order chi connectivity index (χ0) is 14.3. The van der Waals surface area contributed by atoms with Gasteiger partial charge in [0.15, 0.2) is 0 Å². The van der Waals surface area contributed by atoms with Gasteiger partial charge in [-0.25, -0.2) is 0 Å². The molecule has 18 heavy (non-hydrogen) atoms. The van der Waals surface area contributed by atoms with Crippen LogP contribution in [-0.4, -0.2) is 50.5 Å². The third kappa shape index (κ3) is 539. The van der Waals surface area contributed by atoms with Crippen LogP contribution in [0.3, 0.4) is 0 Å². The fourth-order valence-electron chi connectivity index (χ4n) is 0. The van der Waals surface area contributed by atoms with Crippen LogP contribution in [0.15, 0.2) is 0 Å². The number of carboxylic acid groups (broad SMARTS) is 8. The Morgan fingerprint density at radius 3 is 0.556 bits per heavy atom. The Kier molecular flexibility index (Phi) is 58.8. The van der Waals surface area contributed by atoms with E-state index in [-0.39, 0.29) is 31.7 Å². The molecular formula is C4H6O13Zr. The van der Waals surface area contributed by atoms with Crippen molar-refractivity contribution < 1.29 is 91.7 Å². The SMILES string of the molecule is O.O=C([O-])O.O=C([O-])O.O=C([O-])O.O=C([O-])O.[Zr+4]. The fraction of sp³-hybridized carbons (Fsp3) is 0. The molecule has 0 spiro atoms. The Bertz CT molecular complexity index is 159. The van der Waals surface area contributed by atoms with Crippen LogP contribution < -0.4 is 20.4 Å². The van der Waals surface area contributed by atoms with Gasteiger partial charge in [0.05, 0.1) is 0 Å². The van der Waals surface area contributed by atoms with Gasteiger partial charge < -0.3 is 65.5 Å². The van der Waals surface area contributed by atoms with E-state index >= 15 is 0 Å². The van der Waals surface area contributed by atoms with Gasteiger partial charge >= 0.3 is 26.2 Å². The smallest absolute Gasteiger partial charge is 0.565 e. The zero-order valence-electron chi connectivity index (χ0n) is 8.05. The van der Waals surface area contributed by atoms with Gasteiger partial charge in [0.25, 0.3) is 0 Å². The van der Waals surface area contributed by atoms with E-state index in [1.165, 1.54) is 0 Å². The molecule has 0 aromatic carbocycles. The van der Waals surface area contributed by atoms with Gasteiger partial charge in [-0.15, -0.1) is 0 Å². The summed E-state index contributed by atoms with van der Waals surface area (Å²) in [6, 6.07) is 0. The maximum atomic E-state index is 8.44. The van der Waals surface area contributed by atoms with Gasteiger partial charge in [-0.1, -0.05) is 0 Å². The molecule has 6 N–H and O–H groups in total. The van der Waals surface area contributed by atoms with Crippen molar-refractivity contribution in [1.29, 1.82) is 0 Å². The van der Waals surface area contributed by atoms with Gasteiger partial charge in [-0.2, -0.15) is 0 Å². The van der Waals surface area contributed by atoms with Crippen molar-refractivity contribution in [3.05, 3.63) is 0 Å². The average molecular weight is 353 g/mol. The number of rotatable bonds is 0. The summed E-state index contributed by atoms with van der Waals surface area (Å²) in [5.74, 6) is 0. The summed E-state index contributed by atoms with van der Waals surface area (Å²) in [6.45, 7) is 0. The summed E-state index contributed by atoms with van der Waals surface area (Å²) < 4.78 is 0. The quantitative estimate of drug-likeness (QED) is 0.317. The summed E-state index contributed by atoms with van der Waals surface area (Å²) in [6.07, 6.45) is -8.33. The molecule has 0 aliphatic heterocycles. The normalized spacial score (nSPS) is 5.33. The fourth-order valence-corrected chi connectivity index (χ4v) is 0. The number of hydrogen-bond acceptors (Lipinski definition) is 8. The second-order valence-corrected chi connectivity index (χ2v) is 1.06. The largest absolute Gasteiger partial charge is 4.00 e. The van der Waals surface area contributed by atoms with E-state index in [4.69, 9.17) is 60.0 Å². The maximum Gasteiger partial charge on any atom is 4.00 e. The third-order valence-electron chi connectivity index (χ3n) is 0. The first-order valence-electron chi connectivity index (χ1n) is 2.53. The van der Waals surface area contributed by atoms with Crippen LogP contribution in [-0.2, 0) is 26.2 Å². The molecular weight excluding hydrogens is 347 g/mol. The summed E-state index contributed by atoms with van der Waals surface area (Å²) in [5, 5.41) is 61.2. The van der Waals surface area contributed by atoms with Crippen LogP contribution in [0.25, 0.3) is 0 Å². The van der Waals surface area contributed by atoms with Crippen molar-refractivity contribution in [3.63, 3.8) is 0 Å². The summed E-state index contributed by atoms with van der Waals surface area (Å²) in [7, 11) is 0. The van der Waals surface area contributed by atoms with Gasteiger partial charge in [-0.3, -0.25) is 0 Å². The summed E-state index contributed by atoms with van der Waals surface area (Å²) in [5.41, 5.74) is 0. The molecule has 0 saturated carbocycles. The third-order valence-corrected chi connectivity index (χ3v) is 0. The Morgan fingerprint density at radius 2 is 0.556 bits per heavy atom. The first-order chi connectivity index (χ1) is 6.93. The van der Waals surface area contributed by atoms with E-state index < -0.39 is 24.6 Å². The van der Waals surface area contributed by atoms with Crippen molar-refractivity contribution >= 4 is 24.6 Å². The van der Waals surface area contributed by atoms with Gasteiger partial charge in [0.1, 0.15) is 0 Å². The van der Waals surface area contributed by atoms with Crippen LogP contribution in [0.4, 0.5) is 19.2 Å². The zero-order valence-corrected chi connectivity index (χ0v) is 10.5. The van der Waals surface area contributed by atoms with Crippen molar-refractivity contribution in [3.8, 4) is 0 Å². The molecule has 0 unspecified atom stereocenters. The minimum atomic E-state index is -2.08. The molecule has 0 atom stereocenters. The Labute approximate surface area is 117 Å². The Hall–Kier alpha value is -2.08. The standard InChI is InChI=1S/4CH2O3.H2O.Zr/c4*2-1(3)4;;/h4*(H2,2,3,4);1H2;/q;;;;;+4/p-4. The van der Waals surface area contributed by atoms with E-state index in [1.807, 2.05) is 0 Å². The van der Waals surface area contributed by atoms with E-state index in [1.54, 1.807) is 0 Å². The molecule has 0 bridgehead atoms. The van der Waals surface area contributed by atoms with Gasteiger partial charge in [0, 0.05) is 0 Å². The van der Waals surface area contributed by atoms with Crippen LogP contribution in [0.2, 0.25) is 0 Å². The van der Waals surface area contributed by atoms with E-state index in [9.17, 15) is 0 Å². The van der Waals surface area contributed by atoms with E-state index in [2.05, 4.69) is 0 Å². The molecule has 0 aromatic rings. The average Bonchev–Trinajstić information content (AvgIpc) is 1.76. The van der Waals surface area contributed by atoms with E-state index in [0.717, 1.165) is 0 Å². The monoisotopic (exact) mass is 352 g/mol. The molecule has 0 radical (unpaired) electrons. The minimum Gasteiger partial charge on any atom is -0.565 e. The molecule has 0 heterocycles. The summed E-state index contributed by atoms with van der Waals surface area (Å²) >= 11 is 0. The Balaban J connectivity index is -0.0000000257. The first-order valence-corrected chi connectivity index (χ1v) is 2.53. The predicted molar refractivity (Wildman–Crippen MR) is 35.7 cm³/mol. The minimum absolute atomic E-state index is 0. The summed E-state index contributed by atoms with van der Waals surface area (Å²) in [4.78, 5) is 33.8. The second-order valence-electron chi connectivity index (χ2n) is 1.06. The van der Waals surface area contributed by atoms with Gasteiger partial charge in [0.2, 0.25) is 24.6 Å². The van der Waals surface area contributed by atoms with Crippen molar-refractivity contribution in [1.82, 2.24) is 0 Å². The second kappa shape index (κ2) is 29.4. The van der Waals surface area contributed by atoms with E-state index in [0.29, 0.717) is 0 Å². The first kappa shape index (κ1) is 36.0. The molecule has 13 nitrogen and oxygen atoms in total. The molecule has 0 fully saturated rings. The molecule has 0 aliphatic carbocycles.